The minimum Gasteiger partial charge on any atom is -0.508 e. The molecule has 4 heteroatoms. The van der Waals surface area contributed by atoms with Crippen molar-refractivity contribution in [2.45, 2.75) is 19.0 Å². The Balaban J connectivity index is 1.56. The third-order valence-corrected chi connectivity index (χ3v) is 5.33. The van der Waals surface area contributed by atoms with Gasteiger partial charge in [-0.05, 0) is 41.8 Å². The number of aromatic nitrogens is 1. The fourth-order valence-electron chi connectivity index (χ4n) is 3.65. The average Bonchev–Trinajstić information content (AvgIpc) is 2.84. The summed E-state index contributed by atoms with van der Waals surface area (Å²) in [5.41, 5.74) is 5.06. The van der Waals surface area contributed by atoms with Crippen LogP contribution in [0.4, 0.5) is 0 Å². The van der Waals surface area contributed by atoms with E-state index < -0.39 is 0 Å². The van der Waals surface area contributed by atoms with E-state index in [1.807, 2.05) is 42.5 Å². The third kappa shape index (κ3) is 5.30. The van der Waals surface area contributed by atoms with Crippen LogP contribution < -0.4 is 10.1 Å². The molecular weight excluding hydrogens is 384 g/mol. The van der Waals surface area contributed by atoms with Crippen LogP contribution in [0.25, 0.3) is 11.3 Å². The van der Waals surface area contributed by atoms with Gasteiger partial charge in [-0.3, -0.25) is 0 Å². The summed E-state index contributed by atoms with van der Waals surface area (Å²) < 4.78 is 5.24. The molecule has 1 atom stereocenters. The summed E-state index contributed by atoms with van der Waals surface area (Å²) in [5, 5.41) is 14.1. The Kier molecular flexibility index (Phi) is 6.60. The van der Waals surface area contributed by atoms with Crippen LogP contribution in [0.2, 0.25) is 0 Å². The van der Waals surface area contributed by atoms with E-state index in [4.69, 9.17) is 4.74 Å². The van der Waals surface area contributed by atoms with Gasteiger partial charge in [-0.1, -0.05) is 66.7 Å². The highest BCUT2D eigenvalue weighted by molar-refractivity contribution is 5.62. The molecule has 0 spiro atoms. The lowest BCUT2D eigenvalue weighted by molar-refractivity contribution is 0.398. The van der Waals surface area contributed by atoms with Crippen molar-refractivity contribution in [3.8, 4) is 22.9 Å². The molecule has 4 aromatic rings. The predicted octanol–water partition coefficient (Wildman–Crippen LogP) is 5.54. The molecule has 0 fully saturated rings. The Morgan fingerprint density at radius 2 is 1.61 bits per heavy atom. The third-order valence-electron chi connectivity index (χ3n) is 5.33. The smallest absolute Gasteiger partial charge is 0.213 e. The predicted molar refractivity (Wildman–Crippen MR) is 124 cm³/mol. The quantitative estimate of drug-likeness (QED) is 0.401. The van der Waals surface area contributed by atoms with Crippen molar-refractivity contribution < 1.29 is 9.84 Å². The van der Waals surface area contributed by atoms with Crippen LogP contribution in [-0.2, 0) is 13.0 Å². The second-order valence-corrected chi connectivity index (χ2v) is 7.44. The largest absolute Gasteiger partial charge is 0.508 e. The van der Waals surface area contributed by atoms with Gasteiger partial charge in [-0.25, -0.2) is 4.98 Å². The summed E-state index contributed by atoms with van der Waals surface area (Å²) in [5.74, 6) is 0.836. The number of phenolic OH excluding ortho intramolecular Hbond substituents is 1. The average molecular weight is 411 g/mol. The molecule has 2 N–H and O–H groups in total. The summed E-state index contributed by atoms with van der Waals surface area (Å²) in [7, 11) is 1.61. The van der Waals surface area contributed by atoms with Gasteiger partial charge in [0.05, 0.1) is 12.8 Å². The molecule has 1 aromatic heterocycles. The number of pyridine rings is 1. The van der Waals surface area contributed by atoms with Crippen molar-refractivity contribution in [1.29, 1.82) is 0 Å². The number of benzene rings is 3. The van der Waals surface area contributed by atoms with Gasteiger partial charge in [0, 0.05) is 29.8 Å². The highest BCUT2D eigenvalue weighted by atomic mass is 16.5. The van der Waals surface area contributed by atoms with Gasteiger partial charge >= 0.3 is 0 Å². The van der Waals surface area contributed by atoms with Gasteiger partial charge in [-0.2, -0.15) is 0 Å². The number of hydrogen-bond acceptors (Lipinski definition) is 4. The molecule has 31 heavy (non-hydrogen) atoms. The molecule has 0 bridgehead atoms. The van der Waals surface area contributed by atoms with E-state index in [0.717, 1.165) is 23.2 Å². The maximum absolute atomic E-state index is 10.5. The Morgan fingerprint density at radius 1 is 0.871 bits per heavy atom. The molecule has 0 aliphatic carbocycles. The van der Waals surface area contributed by atoms with E-state index in [-0.39, 0.29) is 11.8 Å². The number of ether oxygens (including phenoxy) is 1. The van der Waals surface area contributed by atoms with Gasteiger partial charge in [0.2, 0.25) is 5.88 Å². The lowest BCUT2D eigenvalue weighted by Gasteiger charge is -2.20. The van der Waals surface area contributed by atoms with Crippen LogP contribution in [0.3, 0.4) is 0 Å². The van der Waals surface area contributed by atoms with Crippen LogP contribution in [0.1, 0.15) is 22.7 Å². The first-order chi connectivity index (χ1) is 15.2. The fourth-order valence-corrected chi connectivity index (χ4v) is 3.65. The Bertz CT molecular complexity index is 1110. The van der Waals surface area contributed by atoms with Crippen LogP contribution in [0.15, 0.2) is 97.1 Å². The van der Waals surface area contributed by atoms with Crippen LogP contribution in [0, 0.1) is 0 Å². The first-order valence-corrected chi connectivity index (χ1v) is 10.4. The molecule has 0 amide bonds. The highest BCUT2D eigenvalue weighted by Crippen LogP contribution is 2.27. The maximum atomic E-state index is 10.5. The van der Waals surface area contributed by atoms with E-state index in [1.54, 1.807) is 13.2 Å². The summed E-state index contributed by atoms with van der Waals surface area (Å²) in [6.07, 6.45) is 0.864. The number of nitrogens with zero attached hydrogens (tertiary/aromatic N) is 1. The Hall–Kier alpha value is -3.63. The van der Waals surface area contributed by atoms with Gasteiger partial charge < -0.3 is 15.2 Å². The zero-order chi connectivity index (χ0) is 21.5. The molecule has 4 nitrogen and oxygen atoms in total. The van der Waals surface area contributed by atoms with Crippen molar-refractivity contribution in [2.24, 2.45) is 0 Å². The highest BCUT2D eigenvalue weighted by Gasteiger charge is 2.14. The molecule has 0 saturated heterocycles. The van der Waals surface area contributed by atoms with Gasteiger partial charge in [0.25, 0.3) is 0 Å². The van der Waals surface area contributed by atoms with Crippen molar-refractivity contribution in [3.63, 3.8) is 0 Å². The van der Waals surface area contributed by atoms with Crippen molar-refractivity contribution in [2.75, 3.05) is 7.11 Å². The number of rotatable bonds is 8. The molecule has 0 aliphatic heterocycles. The first-order valence-electron chi connectivity index (χ1n) is 10.4. The van der Waals surface area contributed by atoms with Crippen LogP contribution >= 0.6 is 0 Å². The molecule has 0 radical (unpaired) electrons. The topological polar surface area (TPSA) is 54.4 Å². The lowest BCUT2D eigenvalue weighted by Crippen LogP contribution is -2.23. The monoisotopic (exact) mass is 410 g/mol. The zero-order valence-electron chi connectivity index (χ0n) is 17.5. The zero-order valence-corrected chi connectivity index (χ0v) is 17.5. The number of hydrogen-bond donors (Lipinski definition) is 2. The molecular formula is C27H26N2O2. The van der Waals surface area contributed by atoms with Gasteiger partial charge in [0.1, 0.15) is 5.75 Å². The molecule has 4 rings (SSSR count). The number of phenols is 1. The van der Waals surface area contributed by atoms with E-state index in [9.17, 15) is 5.11 Å². The number of methoxy groups -OCH3 is 1. The van der Waals surface area contributed by atoms with Crippen LogP contribution in [0.5, 0.6) is 11.6 Å². The molecule has 1 unspecified atom stereocenters. The molecule has 0 saturated carbocycles. The van der Waals surface area contributed by atoms with E-state index in [2.05, 4.69) is 58.8 Å². The standard InChI is InChI=1S/C27H26N2O2/c1-31-27-14-8-13-24(29-27)22-15-16-26(30)23(18-22)19-28-25(21-11-6-3-7-12-21)17-20-9-4-2-5-10-20/h2-16,18,25,28,30H,17,19H2,1H3. The Labute approximate surface area is 183 Å². The number of nitrogens with one attached hydrogen (secondary N) is 1. The van der Waals surface area contributed by atoms with Gasteiger partial charge in [-0.15, -0.1) is 0 Å². The molecule has 1 heterocycles. The van der Waals surface area contributed by atoms with E-state index in [1.165, 1.54) is 11.1 Å². The maximum Gasteiger partial charge on any atom is 0.213 e. The van der Waals surface area contributed by atoms with Gasteiger partial charge in [0.15, 0.2) is 0 Å². The minimum absolute atomic E-state index is 0.126. The molecule has 156 valence electrons. The number of aromatic hydroxyl groups is 1. The van der Waals surface area contributed by atoms with Crippen molar-refractivity contribution >= 4 is 0 Å². The van der Waals surface area contributed by atoms with E-state index >= 15 is 0 Å². The first kappa shape index (κ1) is 20.6. The fraction of sp³-hybridized carbons (Fsp3) is 0.148. The SMILES string of the molecule is COc1cccc(-c2ccc(O)c(CNC(Cc3ccccc3)c3ccccc3)c2)n1. The van der Waals surface area contributed by atoms with Crippen molar-refractivity contribution in [3.05, 3.63) is 114 Å². The molecule has 0 aliphatic rings. The van der Waals surface area contributed by atoms with E-state index in [0.29, 0.717) is 12.4 Å². The van der Waals surface area contributed by atoms with Crippen LogP contribution in [-0.4, -0.2) is 17.2 Å². The summed E-state index contributed by atoms with van der Waals surface area (Å²) >= 11 is 0. The normalized spacial score (nSPS) is 11.8. The second kappa shape index (κ2) is 9.92. The second-order valence-electron chi connectivity index (χ2n) is 7.44. The minimum atomic E-state index is 0.126. The lowest BCUT2D eigenvalue weighted by atomic mass is 9.98. The summed E-state index contributed by atoms with van der Waals surface area (Å²) in [4.78, 5) is 4.51. The Morgan fingerprint density at radius 3 is 2.35 bits per heavy atom. The summed E-state index contributed by atoms with van der Waals surface area (Å²) in [6, 6.07) is 32.2. The molecule has 3 aromatic carbocycles. The van der Waals surface area contributed by atoms with Crippen molar-refractivity contribution in [1.82, 2.24) is 10.3 Å². The summed E-state index contributed by atoms with van der Waals surface area (Å²) in [6.45, 7) is 0.538.